The van der Waals surface area contributed by atoms with E-state index in [1.54, 1.807) is 13.2 Å². The molecule has 17 heavy (non-hydrogen) atoms. The summed E-state index contributed by atoms with van der Waals surface area (Å²) in [6.07, 6.45) is 5.32. The maximum absolute atomic E-state index is 8.88. The molecule has 0 heterocycles. The molecule has 1 aliphatic carbocycles. The van der Waals surface area contributed by atoms with E-state index in [9.17, 15) is 0 Å². The third-order valence-corrected chi connectivity index (χ3v) is 3.17. The van der Waals surface area contributed by atoms with Crippen LogP contribution in [0.15, 0.2) is 18.2 Å². The van der Waals surface area contributed by atoms with Gasteiger partial charge in [0.1, 0.15) is 11.8 Å². The first kappa shape index (κ1) is 11.9. The van der Waals surface area contributed by atoms with Crippen molar-refractivity contribution in [3.63, 3.8) is 0 Å². The Balaban J connectivity index is 1.98. The second-order valence-corrected chi connectivity index (χ2v) is 4.36. The normalized spacial score (nSPS) is 15.8. The molecular weight excluding hydrogens is 214 g/mol. The monoisotopic (exact) mass is 231 g/mol. The summed E-state index contributed by atoms with van der Waals surface area (Å²) in [5, 5.41) is 8.88. The molecule has 0 bridgehead atoms. The molecule has 0 saturated heterocycles. The van der Waals surface area contributed by atoms with Crippen molar-refractivity contribution in [3.05, 3.63) is 29.3 Å². The van der Waals surface area contributed by atoms with E-state index in [1.165, 1.54) is 25.7 Å². The Kier molecular flexibility index (Phi) is 4.00. The van der Waals surface area contributed by atoms with Crippen LogP contribution in [-0.4, -0.2) is 13.2 Å². The van der Waals surface area contributed by atoms with Crippen LogP contribution in [0, 0.1) is 11.3 Å². The highest BCUT2D eigenvalue weighted by molar-refractivity contribution is 5.45. The number of nitrogens with zero attached hydrogens (tertiary/aromatic N) is 1. The van der Waals surface area contributed by atoms with E-state index in [4.69, 9.17) is 14.7 Å². The first-order valence-corrected chi connectivity index (χ1v) is 6.02. The Morgan fingerprint density at radius 3 is 2.76 bits per heavy atom. The van der Waals surface area contributed by atoms with Crippen LogP contribution in [0.25, 0.3) is 0 Å². The van der Waals surface area contributed by atoms with Crippen LogP contribution < -0.4 is 4.74 Å². The lowest BCUT2D eigenvalue weighted by atomic mass is 10.1. The smallest absolute Gasteiger partial charge is 0.136 e. The van der Waals surface area contributed by atoms with Crippen molar-refractivity contribution in [1.82, 2.24) is 0 Å². The molecule has 1 aromatic carbocycles. The Morgan fingerprint density at radius 1 is 1.35 bits per heavy atom. The van der Waals surface area contributed by atoms with Crippen molar-refractivity contribution in [2.45, 2.75) is 38.4 Å². The molecular formula is C14H17NO2. The van der Waals surface area contributed by atoms with Gasteiger partial charge in [-0.25, -0.2) is 0 Å². The fourth-order valence-electron chi connectivity index (χ4n) is 2.19. The molecule has 0 aromatic heterocycles. The van der Waals surface area contributed by atoms with Gasteiger partial charge >= 0.3 is 0 Å². The standard InChI is InChI=1S/C14H17NO2/c1-16-14-8-11(6-7-12(14)9-15)10-17-13-4-2-3-5-13/h6-8,13H,2-5,10H2,1H3. The highest BCUT2D eigenvalue weighted by Gasteiger charge is 2.15. The topological polar surface area (TPSA) is 42.2 Å². The molecule has 0 spiro atoms. The van der Waals surface area contributed by atoms with Crippen molar-refractivity contribution in [2.75, 3.05) is 7.11 Å². The Hall–Kier alpha value is -1.53. The zero-order valence-electron chi connectivity index (χ0n) is 10.1. The number of nitriles is 1. The van der Waals surface area contributed by atoms with Gasteiger partial charge in [-0.3, -0.25) is 0 Å². The van der Waals surface area contributed by atoms with Gasteiger partial charge in [0.25, 0.3) is 0 Å². The molecule has 0 amide bonds. The molecule has 0 atom stereocenters. The van der Waals surface area contributed by atoms with Crippen LogP contribution in [0.1, 0.15) is 36.8 Å². The fourth-order valence-corrected chi connectivity index (χ4v) is 2.19. The molecule has 1 aliphatic rings. The lowest BCUT2D eigenvalue weighted by Gasteiger charge is -2.12. The number of hydrogen-bond acceptors (Lipinski definition) is 3. The van der Waals surface area contributed by atoms with Crippen LogP contribution in [-0.2, 0) is 11.3 Å². The largest absolute Gasteiger partial charge is 0.495 e. The van der Waals surface area contributed by atoms with E-state index in [-0.39, 0.29) is 0 Å². The Morgan fingerprint density at radius 2 is 2.12 bits per heavy atom. The second-order valence-electron chi connectivity index (χ2n) is 4.36. The predicted molar refractivity (Wildman–Crippen MR) is 64.8 cm³/mol. The minimum Gasteiger partial charge on any atom is -0.495 e. The van der Waals surface area contributed by atoms with Gasteiger partial charge in [0.15, 0.2) is 0 Å². The van der Waals surface area contributed by atoms with Gasteiger partial charge in [-0.05, 0) is 30.5 Å². The van der Waals surface area contributed by atoms with Gasteiger partial charge < -0.3 is 9.47 Å². The summed E-state index contributed by atoms with van der Waals surface area (Å²) in [5.74, 6) is 0.625. The summed E-state index contributed by atoms with van der Waals surface area (Å²) in [5.41, 5.74) is 1.63. The first-order valence-electron chi connectivity index (χ1n) is 6.02. The highest BCUT2D eigenvalue weighted by Crippen LogP contribution is 2.24. The third-order valence-electron chi connectivity index (χ3n) is 3.17. The van der Waals surface area contributed by atoms with Crippen LogP contribution >= 0.6 is 0 Å². The minimum atomic E-state index is 0.414. The van der Waals surface area contributed by atoms with Crippen molar-refractivity contribution in [3.8, 4) is 11.8 Å². The molecule has 2 rings (SSSR count). The van der Waals surface area contributed by atoms with Crippen molar-refractivity contribution in [1.29, 1.82) is 5.26 Å². The molecule has 90 valence electrons. The van der Waals surface area contributed by atoms with Gasteiger partial charge in [-0.1, -0.05) is 18.9 Å². The summed E-state index contributed by atoms with van der Waals surface area (Å²) in [6, 6.07) is 7.70. The number of rotatable bonds is 4. The van der Waals surface area contributed by atoms with Gasteiger partial charge in [0, 0.05) is 0 Å². The predicted octanol–water partition coefficient (Wildman–Crippen LogP) is 3.03. The SMILES string of the molecule is COc1cc(COC2CCCC2)ccc1C#N. The van der Waals surface area contributed by atoms with E-state index >= 15 is 0 Å². The van der Waals surface area contributed by atoms with Crippen molar-refractivity contribution < 1.29 is 9.47 Å². The van der Waals surface area contributed by atoms with Crippen LogP contribution in [0.2, 0.25) is 0 Å². The van der Waals surface area contributed by atoms with E-state index in [0.29, 0.717) is 24.0 Å². The quantitative estimate of drug-likeness (QED) is 0.799. The highest BCUT2D eigenvalue weighted by atomic mass is 16.5. The summed E-state index contributed by atoms with van der Waals surface area (Å²) >= 11 is 0. The number of hydrogen-bond donors (Lipinski definition) is 0. The fraction of sp³-hybridized carbons (Fsp3) is 0.500. The minimum absolute atomic E-state index is 0.414. The zero-order chi connectivity index (χ0) is 12.1. The van der Waals surface area contributed by atoms with Crippen LogP contribution in [0.5, 0.6) is 5.75 Å². The lowest BCUT2D eigenvalue weighted by molar-refractivity contribution is 0.0456. The first-order chi connectivity index (χ1) is 8.33. The van der Waals surface area contributed by atoms with Crippen LogP contribution in [0.4, 0.5) is 0 Å². The van der Waals surface area contributed by atoms with Crippen molar-refractivity contribution in [2.24, 2.45) is 0 Å². The molecule has 3 nitrogen and oxygen atoms in total. The average molecular weight is 231 g/mol. The maximum Gasteiger partial charge on any atom is 0.136 e. The van der Waals surface area contributed by atoms with Gasteiger partial charge in [0.2, 0.25) is 0 Å². The average Bonchev–Trinajstić information content (AvgIpc) is 2.89. The summed E-state index contributed by atoms with van der Waals surface area (Å²) in [6.45, 7) is 0.604. The summed E-state index contributed by atoms with van der Waals surface area (Å²) in [4.78, 5) is 0. The molecule has 1 saturated carbocycles. The van der Waals surface area contributed by atoms with Gasteiger partial charge in [-0.2, -0.15) is 5.26 Å². The molecule has 0 N–H and O–H groups in total. The number of methoxy groups -OCH3 is 1. The third kappa shape index (κ3) is 2.98. The van der Waals surface area contributed by atoms with E-state index < -0.39 is 0 Å². The summed E-state index contributed by atoms with van der Waals surface area (Å²) in [7, 11) is 1.58. The van der Waals surface area contributed by atoms with E-state index in [0.717, 1.165) is 5.56 Å². The molecule has 1 fully saturated rings. The van der Waals surface area contributed by atoms with Gasteiger partial charge in [-0.15, -0.1) is 0 Å². The lowest BCUT2D eigenvalue weighted by Crippen LogP contribution is -2.07. The number of ether oxygens (including phenoxy) is 2. The van der Waals surface area contributed by atoms with E-state index in [2.05, 4.69) is 6.07 Å². The molecule has 3 heteroatoms. The molecule has 0 unspecified atom stereocenters. The zero-order valence-corrected chi connectivity index (χ0v) is 10.1. The van der Waals surface area contributed by atoms with Crippen molar-refractivity contribution >= 4 is 0 Å². The number of benzene rings is 1. The molecule has 1 aromatic rings. The second kappa shape index (κ2) is 5.70. The summed E-state index contributed by atoms with van der Waals surface area (Å²) < 4.78 is 11.0. The maximum atomic E-state index is 8.88. The molecule has 0 radical (unpaired) electrons. The Labute approximate surface area is 102 Å². The molecule has 0 aliphatic heterocycles. The Bertz CT molecular complexity index is 417. The van der Waals surface area contributed by atoms with Crippen LogP contribution in [0.3, 0.4) is 0 Å². The van der Waals surface area contributed by atoms with E-state index in [1.807, 2.05) is 12.1 Å². The van der Waals surface area contributed by atoms with Gasteiger partial charge in [0.05, 0.1) is 25.4 Å².